The lowest BCUT2D eigenvalue weighted by Crippen LogP contribution is -2.35. The van der Waals surface area contributed by atoms with Crippen molar-refractivity contribution in [2.24, 2.45) is 5.92 Å². The van der Waals surface area contributed by atoms with Crippen LogP contribution in [0.4, 0.5) is 0 Å². The Bertz CT molecular complexity index is 995. The molecule has 8 heteroatoms. The second-order valence-electron chi connectivity index (χ2n) is 7.58. The van der Waals surface area contributed by atoms with E-state index in [2.05, 4.69) is 15.1 Å². The van der Waals surface area contributed by atoms with Crippen LogP contribution in [0.2, 0.25) is 0 Å². The van der Waals surface area contributed by atoms with Crippen LogP contribution in [-0.4, -0.2) is 38.0 Å². The van der Waals surface area contributed by atoms with Gasteiger partial charge in [0, 0.05) is 48.1 Å². The lowest BCUT2D eigenvalue weighted by Gasteiger charge is -2.25. The third-order valence-electron chi connectivity index (χ3n) is 5.38. The molecule has 1 atom stereocenters. The predicted molar refractivity (Wildman–Crippen MR) is 104 cm³/mol. The van der Waals surface area contributed by atoms with Crippen molar-refractivity contribution in [3.05, 3.63) is 46.8 Å². The first-order chi connectivity index (χ1) is 13.7. The van der Waals surface area contributed by atoms with Gasteiger partial charge >= 0.3 is 0 Å². The highest BCUT2D eigenvalue weighted by Gasteiger charge is 2.32. The minimum Gasteiger partial charge on any atom is -0.339 e. The number of carbonyl (C=O) groups excluding carboxylic acids is 1. The van der Waals surface area contributed by atoms with Gasteiger partial charge in [0.05, 0.1) is 12.2 Å². The number of hydrogen-bond donors (Lipinski definition) is 0. The zero-order chi connectivity index (χ0) is 19.1. The molecule has 0 radical (unpaired) electrons. The highest BCUT2D eigenvalue weighted by molar-refractivity contribution is 7.15. The zero-order valence-electron chi connectivity index (χ0n) is 15.7. The number of pyridine rings is 1. The second-order valence-corrected chi connectivity index (χ2v) is 8.67. The van der Waals surface area contributed by atoms with Gasteiger partial charge < -0.3 is 9.42 Å². The smallest absolute Gasteiger partial charge is 0.229 e. The number of fused-ring (bicyclic) bond motifs is 1. The summed E-state index contributed by atoms with van der Waals surface area (Å²) in [6.45, 7) is 0.387. The molecule has 2 aliphatic rings. The minimum atomic E-state index is -0.0420. The molecule has 5 rings (SSSR count). The second kappa shape index (κ2) is 7.09. The predicted octanol–water partition coefficient (Wildman–Crippen LogP) is 3.23. The van der Waals surface area contributed by atoms with E-state index in [1.54, 1.807) is 28.6 Å². The molecule has 28 heavy (non-hydrogen) atoms. The summed E-state index contributed by atoms with van der Waals surface area (Å²) < 4.78 is 5.29. The van der Waals surface area contributed by atoms with Gasteiger partial charge in [0.2, 0.25) is 11.8 Å². The van der Waals surface area contributed by atoms with Crippen molar-refractivity contribution >= 4 is 17.2 Å². The van der Waals surface area contributed by atoms with Crippen LogP contribution in [0.1, 0.15) is 47.5 Å². The molecule has 1 unspecified atom stereocenters. The molecule has 1 fully saturated rings. The maximum atomic E-state index is 12.9. The van der Waals surface area contributed by atoms with Crippen LogP contribution in [0.25, 0.3) is 10.6 Å². The Kier molecular flexibility index (Phi) is 4.43. The summed E-state index contributed by atoms with van der Waals surface area (Å²) in [6, 6.07) is 3.95. The van der Waals surface area contributed by atoms with E-state index in [4.69, 9.17) is 9.51 Å². The van der Waals surface area contributed by atoms with Crippen molar-refractivity contribution in [1.29, 1.82) is 0 Å². The number of thiazole rings is 1. The topological polar surface area (TPSA) is 85.0 Å². The van der Waals surface area contributed by atoms with Gasteiger partial charge in [-0.3, -0.25) is 9.78 Å². The summed E-state index contributed by atoms with van der Waals surface area (Å²) in [6.07, 6.45) is 8.25. The fraction of sp³-hybridized carbons (Fsp3) is 0.450. The molecule has 0 bridgehead atoms. The van der Waals surface area contributed by atoms with Crippen LogP contribution in [-0.2, 0) is 24.2 Å². The fourth-order valence-corrected chi connectivity index (χ4v) is 4.75. The number of carbonyl (C=O) groups is 1. The fourth-order valence-electron chi connectivity index (χ4n) is 3.64. The van der Waals surface area contributed by atoms with Crippen LogP contribution < -0.4 is 0 Å². The van der Waals surface area contributed by atoms with E-state index in [1.807, 2.05) is 19.2 Å². The molecule has 1 saturated carbocycles. The van der Waals surface area contributed by atoms with Gasteiger partial charge in [0.1, 0.15) is 5.01 Å². The average Bonchev–Trinajstić information content (AvgIpc) is 3.32. The van der Waals surface area contributed by atoms with Crippen LogP contribution in [0.5, 0.6) is 0 Å². The highest BCUT2D eigenvalue weighted by atomic mass is 32.1. The van der Waals surface area contributed by atoms with E-state index in [0.717, 1.165) is 41.9 Å². The van der Waals surface area contributed by atoms with Crippen molar-refractivity contribution < 1.29 is 9.32 Å². The van der Waals surface area contributed by atoms with Gasteiger partial charge in [0.15, 0.2) is 5.82 Å². The summed E-state index contributed by atoms with van der Waals surface area (Å²) in [5.41, 5.74) is 2.14. The largest absolute Gasteiger partial charge is 0.339 e. The summed E-state index contributed by atoms with van der Waals surface area (Å²) in [4.78, 5) is 29.3. The van der Waals surface area contributed by atoms with E-state index in [0.29, 0.717) is 30.6 Å². The lowest BCUT2D eigenvalue weighted by molar-refractivity contribution is -0.135. The van der Waals surface area contributed by atoms with Gasteiger partial charge in [-0.05, 0) is 37.8 Å². The number of aryl methyl sites for hydroxylation is 1. The Morgan fingerprint density at radius 3 is 2.86 bits per heavy atom. The first-order valence-electron chi connectivity index (χ1n) is 9.64. The molecule has 0 spiro atoms. The maximum absolute atomic E-state index is 12.9. The van der Waals surface area contributed by atoms with E-state index in [-0.39, 0.29) is 11.8 Å². The minimum absolute atomic E-state index is 0.0420. The number of nitrogens with zero attached hydrogens (tertiary/aromatic N) is 5. The maximum Gasteiger partial charge on any atom is 0.229 e. The van der Waals surface area contributed by atoms with Gasteiger partial charge in [-0.15, -0.1) is 11.3 Å². The van der Waals surface area contributed by atoms with E-state index >= 15 is 0 Å². The normalized spacial score (nSPS) is 18.7. The Morgan fingerprint density at radius 2 is 2.07 bits per heavy atom. The Labute approximate surface area is 166 Å². The molecule has 3 aromatic rings. The SMILES string of the molecule is CN(Cc1noc(C2CC2)n1)C(=O)C1CCc2sc(-c3ccncc3)nc2C1. The third-order valence-corrected chi connectivity index (χ3v) is 6.59. The Hall–Kier alpha value is -2.61. The average molecular weight is 395 g/mol. The molecular formula is C20H21N5O2S. The molecule has 0 aliphatic heterocycles. The molecule has 7 nitrogen and oxygen atoms in total. The van der Waals surface area contributed by atoms with Gasteiger partial charge in [-0.25, -0.2) is 4.98 Å². The molecule has 144 valence electrons. The number of aromatic nitrogens is 4. The van der Waals surface area contributed by atoms with Crippen molar-refractivity contribution in [2.75, 3.05) is 7.05 Å². The van der Waals surface area contributed by atoms with Crippen LogP contribution >= 0.6 is 11.3 Å². The Balaban J connectivity index is 1.25. The van der Waals surface area contributed by atoms with Crippen molar-refractivity contribution in [3.63, 3.8) is 0 Å². The van der Waals surface area contributed by atoms with Crippen molar-refractivity contribution in [3.8, 4) is 10.6 Å². The first kappa shape index (κ1) is 17.5. The summed E-state index contributed by atoms with van der Waals surface area (Å²) in [5.74, 6) is 1.81. The van der Waals surface area contributed by atoms with Crippen LogP contribution in [0.3, 0.4) is 0 Å². The molecular weight excluding hydrogens is 374 g/mol. The Morgan fingerprint density at radius 1 is 1.25 bits per heavy atom. The van der Waals surface area contributed by atoms with Crippen molar-refractivity contribution in [1.82, 2.24) is 25.0 Å². The van der Waals surface area contributed by atoms with E-state index in [9.17, 15) is 4.79 Å². The standard InChI is InChI=1S/C20H21N5O2S/c1-25(11-17-23-18(27-24-17)12-2-3-12)20(26)14-4-5-16-15(10-14)22-19(28-16)13-6-8-21-9-7-13/h6-9,12,14H,2-5,10-11H2,1H3. The van der Waals surface area contributed by atoms with Crippen molar-refractivity contribution in [2.45, 2.75) is 44.6 Å². The number of rotatable bonds is 5. The molecule has 0 N–H and O–H groups in total. The molecule has 0 saturated heterocycles. The van der Waals surface area contributed by atoms with E-state index in [1.165, 1.54) is 4.88 Å². The zero-order valence-corrected chi connectivity index (χ0v) is 16.5. The number of amides is 1. The lowest BCUT2D eigenvalue weighted by atomic mass is 9.90. The third kappa shape index (κ3) is 3.44. The molecule has 1 amide bonds. The van der Waals surface area contributed by atoms with Gasteiger partial charge in [0.25, 0.3) is 0 Å². The molecule has 3 heterocycles. The summed E-state index contributed by atoms with van der Waals surface area (Å²) in [7, 11) is 1.81. The highest BCUT2D eigenvalue weighted by Crippen LogP contribution is 2.39. The van der Waals surface area contributed by atoms with Crippen LogP contribution in [0, 0.1) is 5.92 Å². The molecule has 2 aliphatic carbocycles. The monoisotopic (exact) mass is 395 g/mol. The van der Waals surface area contributed by atoms with E-state index < -0.39 is 0 Å². The first-order valence-corrected chi connectivity index (χ1v) is 10.5. The van der Waals surface area contributed by atoms with Gasteiger partial charge in [-0.2, -0.15) is 4.98 Å². The van der Waals surface area contributed by atoms with Crippen LogP contribution in [0.15, 0.2) is 29.0 Å². The summed E-state index contributed by atoms with van der Waals surface area (Å²) in [5, 5.41) is 5.03. The van der Waals surface area contributed by atoms with Gasteiger partial charge in [-0.1, -0.05) is 5.16 Å². The number of hydrogen-bond acceptors (Lipinski definition) is 7. The molecule has 3 aromatic heterocycles. The summed E-state index contributed by atoms with van der Waals surface area (Å²) >= 11 is 1.73. The molecule has 0 aromatic carbocycles. The quantitative estimate of drug-likeness (QED) is 0.659.